The van der Waals surface area contributed by atoms with Crippen LogP contribution in [0.2, 0.25) is 0 Å². The zero-order valence-corrected chi connectivity index (χ0v) is 18.2. The molecule has 0 bridgehead atoms. The topological polar surface area (TPSA) is 42.0 Å². The number of aromatic nitrogens is 1. The van der Waals surface area contributed by atoms with Gasteiger partial charge in [-0.3, -0.25) is 4.79 Å². The molecule has 1 N–H and O–H groups in total. The monoisotopic (exact) mass is 412 g/mol. The van der Waals surface area contributed by atoms with Crippen LogP contribution in [0.3, 0.4) is 0 Å². The van der Waals surface area contributed by atoms with Crippen LogP contribution in [0.5, 0.6) is 0 Å². The van der Waals surface area contributed by atoms with E-state index in [4.69, 9.17) is 4.98 Å². The normalized spacial score (nSPS) is 11.5. The summed E-state index contributed by atoms with van der Waals surface area (Å²) in [4.78, 5) is 17.0. The standard InChI is InChI=1S/C26H24N2OS/c1-17(2)20-8-5-19(6-9-20)7-15-25(29)27-22-12-10-21(11-13-22)26-28-23-14-4-18(3)16-24(23)30-26/h4-17H,1-3H3,(H,27,29). The van der Waals surface area contributed by atoms with E-state index in [0.717, 1.165) is 27.3 Å². The highest BCUT2D eigenvalue weighted by Crippen LogP contribution is 2.31. The number of nitrogens with one attached hydrogen (secondary N) is 1. The van der Waals surface area contributed by atoms with E-state index >= 15 is 0 Å². The number of fused-ring (bicyclic) bond motifs is 1. The molecule has 0 atom stereocenters. The zero-order valence-electron chi connectivity index (χ0n) is 17.3. The minimum atomic E-state index is -0.147. The predicted molar refractivity (Wildman–Crippen MR) is 128 cm³/mol. The van der Waals surface area contributed by atoms with Crippen molar-refractivity contribution in [2.45, 2.75) is 26.7 Å². The fraction of sp³-hybridized carbons (Fsp3) is 0.154. The third-order valence-corrected chi connectivity index (χ3v) is 6.04. The van der Waals surface area contributed by atoms with Crippen molar-refractivity contribution in [3.8, 4) is 10.6 Å². The lowest BCUT2D eigenvalue weighted by atomic mass is 10.0. The molecule has 4 heteroatoms. The Labute approximate surface area is 181 Å². The molecule has 1 aromatic heterocycles. The summed E-state index contributed by atoms with van der Waals surface area (Å²) in [6, 6.07) is 22.4. The maximum absolute atomic E-state index is 12.3. The van der Waals surface area contributed by atoms with E-state index in [2.05, 4.69) is 56.4 Å². The summed E-state index contributed by atoms with van der Waals surface area (Å²) in [6.07, 6.45) is 3.39. The molecule has 0 fully saturated rings. The Morgan fingerprint density at radius 1 is 1.00 bits per heavy atom. The van der Waals surface area contributed by atoms with Crippen LogP contribution in [0, 0.1) is 6.92 Å². The highest BCUT2D eigenvalue weighted by Gasteiger charge is 2.07. The third-order valence-electron chi connectivity index (χ3n) is 4.97. The van der Waals surface area contributed by atoms with Crippen molar-refractivity contribution in [1.82, 2.24) is 4.98 Å². The van der Waals surface area contributed by atoms with Gasteiger partial charge in [0.15, 0.2) is 0 Å². The second-order valence-corrected chi connectivity index (χ2v) is 8.74. The summed E-state index contributed by atoms with van der Waals surface area (Å²) in [6.45, 7) is 6.42. The second kappa shape index (κ2) is 8.64. The zero-order chi connectivity index (χ0) is 21.1. The molecule has 4 rings (SSSR count). The van der Waals surface area contributed by atoms with Crippen LogP contribution in [0.25, 0.3) is 26.9 Å². The van der Waals surface area contributed by atoms with Gasteiger partial charge in [-0.05, 0) is 72.0 Å². The summed E-state index contributed by atoms with van der Waals surface area (Å²) < 4.78 is 1.19. The van der Waals surface area contributed by atoms with Crippen LogP contribution >= 0.6 is 11.3 Å². The second-order valence-electron chi connectivity index (χ2n) is 7.71. The van der Waals surface area contributed by atoms with Crippen molar-refractivity contribution in [3.63, 3.8) is 0 Å². The van der Waals surface area contributed by atoms with Gasteiger partial charge in [-0.1, -0.05) is 44.2 Å². The molecule has 1 amide bonds. The smallest absolute Gasteiger partial charge is 0.248 e. The molecular weight excluding hydrogens is 388 g/mol. The van der Waals surface area contributed by atoms with Crippen molar-refractivity contribution in [3.05, 3.63) is 89.5 Å². The molecule has 4 aromatic rings. The van der Waals surface area contributed by atoms with Crippen molar-refractivity contribution >= 4 is 39.2 Å². The Morgan fingerprint density at radius 3 is 2.43 bits per heavy atom. The molecule has 3 aromatic carbocycles. The molecule has 0 radical (unpaired) electrons. The Balaban J connectivity index is 1.41. The molecule has 0 unspecified atom stereocenters. The van der Waals surface area contributed by atoms with E-state index in [1.165, 1.54) is 15.8 Å². The van der Waals surface area contributed by atoms with Gasteiger partial charge >= 0.3 is 0 Å². The molecule has 3 nitrogen and oxygen atoms in total. The fourth-order valence-corrected chi connectivity index (χ4v) is 4.27. The van der Waals surface area contributed by atoms with E-state index in [9.17, 15) is 4.79 Å². The number of amides is 1. The van der Waals surface area contributed by atoms with Crippen molar-refractivity contribution < 1.29 is 4.79 Å². The number of nitrogens with zero attached hydrogens (tertiary/aromatic N) is 1. The van der Waals surface area contributed by atoms with E-state index in [0.29, 0.717) is 5.92 Å². The number of thiazole rings is 1. The lowest BCUT2D eigenvalue weighted by Crippen LogP contribution is -2.07. The summed E-state index contributed by atoms with van der Waals surface area (Å²) in [5.74, 6) is 0.354. The molecule has 30 heavy (non-hydrogen) atoms. The minimum absolute atomic E-state index is 0.147. The number of hydrogen-bond donors (Lipinski definition) is 1. The third kappa shape index (κ3) is 4.66. The average molecular weight is 413 g/mol. The first kappa shape index (κ1) is 20.0. The lowest BCUT2D eigenvalue weighted by Gasteiger charge is -2.05. The largest absolute Gasteiger partial charge is 0.323 e. The van der Waals surface area contributed by atoms with E-state index in [-0.39, 0.29) is 5.91 Å². The average Bonchev–Trinajstić information content (AvgIpc) is 3.16. The van der Waals surface area contributed by atoms with Crippen LogP contribution in [-0.4, -0.2) is 10.9 Å². The van der Waals surface area contributed by atoms with Gasteiger partial charge in [0.2, 0.25) is 5.91 Å². The molecule has 150 valence electrons. The SMILES string of the molecule is Cc1ccc2nc(-c3ccc(NC(=O)C=Cc4ccc(C(C)C)cc4)cc3)sc2c1. The number of rotatable bonds is 5. The van der Waals surface area contributed by atoms with Gasteiger partial charge in [0.05, 0.1) is 10.2 Å². The highest BCUT2D eigenvalue weighted by molar-refractivity contribution is 7.21. The number of carbonyl (C=O) groups excluding carboxylic acids is 1. The predicted octanol–water partition coefficient (Wildman–Crippen LogP) is 7.05. The number of benzene rings is 3. The van der Waals surface area contributed by atoms with Crippen molar-refractivity contribution in [1.29, 1.82) is 0 Å². The van der Waals surface area contributed by atoms with Gasteiger partial charge in [-0.2, -0.15) is 0 Å². The minimum Gasteiger partial charge on any atom is -0.323 e. The Morgan fingerprint density at radius 2 is 1.73 bits per heavy atom. The molecule has 0 aliphatic heterocycles. The highest BCUT2D eigenvalue weighted by atomic mass is 32.1. The Hall–Kier alpha value is -3.24. The van der Waals surface area contributed by atoms with E-state index in [1.54, 1.807) is 17.4 Å². The first-order valence-electron chi connectivity index (χ1n) is 10.0. The number of aryl methyl sites for hydroxylation is 1. The van der Waals surface area contributed by atoms with Gasteiger partial charge < -0.3 is 5.32 Å². The maximum Gasteiger partial charge on any atom is 0.248 e. The summed E-state index contributed by atoms with van der Waals surface area (Å²) in [5, 5.41) is 3.90. The van der Waals surface area contributed by atoms with Crippen LogP contribution < -0.4 is 5.32 Å². The Bertz CT molecular complexity index is 1200. The van der Waals surface area contributed by atoms with Crippen molar-refractivity contribution in [2.24, 2.45) is 0 Å². The molecule has 0 spiro atoms. The Kier molecular flexibility index (Phi) is 5.77. The van der Waals surface area contributed by atoms with Gasteiger partial charge in [-0.15, -0.1) is 11.3 Å². The van der Waals surface area contributed by atoms with Gasteiger partial charge in [0.25, 0.3) is 0 Å². The molecule has 0 saturated carbocycles. The van der Waals surface area contributed by atoms with Crippen LogP contribution in [0.1, 0.15) is 36.5 Å². The summed E-state index contributed by atoms with van der Waals surface area (Å²) in [7, 11) is 0. The first-order valence-corrected chi connectivity index (χ1v) is 10.9. The first-order chi connectivity index (χ1) is 14.5. The van der Waals surface area contributed by atoms with Gasteiger partial charge in [0, 0.05) is 17.3 Å². The van der Waals surface area contributed by atoms with Crippen LogP contribution in [-0.2, 0) is 4.79 Å². The number of anilines is 1. The van der Waals surface area contributed by atoms with Crippen LogP contribution in [0.4, 0.5) is 5.69 Å². The maximum atomic E-state index is 12.3. The molecule has 0 saturated heterocycles. The quantitative estimate of drug-likeness (QED) is 0.357. The summed E-state index contributed by atoms with van der Waals surface area (Å²) in [5.41, 5.74) is 6.37. The van der Waals surface area contributed by atoms with E-state index < -0.39 is 0 Å². The molecule has 0 aliphatic carbocycles. The number of hydrogen-bond acceptors (Lipinski definition) is 3. The van der Waals surface area contributed by atoms with Crippen LogP contribution in [0.15, 0.2) is 72.8 Å². The fourth-order valence-electron chi connectivity index (χ4n) is 3.20. The van der Waals surface area contributed by atoms with Gasteiger partial charge in [-0.25, -0.2) is 4.98 Å². The van der Waals surface area contributed by atoms with E-state index in [1.807, 2.05) is 42.5 Å². The number of carbonyl (C=O) groups is 1. The lowest BCUT2D eigenvalue weighted by molar-refractivity contribution is -0.111. The molecular formula is C26H24N2OS. The summed E-state index contributed by atoms with van der Waals surface area (Å²) >= 11 is 1.68. The molecule has 0 aliphatic rings. The van der Waals surface area contributed by atoms with Crippen molar-refractivity contribution in [2.75, 3.05) is 5.32 Å². The molecule has 1 heterocycles. The van der Waals surface area contributed by atoms with Gasteiger partial charge in [0.1, 0.15) is 5.01 Å².